The number of nitrogens with zero attached hydrogens (tertiary/aromatic N) is 2. The summed E-state index contributed by atoms with van der Waals surface area (Å²) in [5.41, 5.74) is 0. The number of amides is 1. The lowest BCUT2D eigenvalue weighted by atomic mass is 9.96. The van der Waals surface area contributed by atoms with Crippen molar-refractivity contribution in [3.8, 4) is 0 Å². The molecule has 0 aromatic heterocycles. The molecule has 3 heteroatoms. The molecule has 0 aromatic rings. The molecule has 0 bridgehead atoms. The van der Waals surface area contributed by atoms with E-state index in [1.807, 2.05) is 0 Å². The predicted molar refractivity (Wildman–Crippen MR) is 69.9 cm³/mol. The summed E-state index contributed by atoms with van der Waals surface area (Å²) in [7, 11) is 0. The fourth-order valence-corrected chi connectivity index (χ4v) is 3.07. The zero-order valence-corrected chi connectivity index (χ0v) is 11.2. The monoisotopic (exact) mass is 238 g/mol. The normalized spacial score (nSPS) is 23.2. The summed E-state index contributed by atoms with van der Waals surface area (Å²) >= 11 is 0. The van der Waals surface area contributed by atoms with E-state index >= 15 is 0 Å². The van der Waals surface area contributed by atoms with Crippen molar-refractivity contribution in [2.45, 2.75) is 45.4 Å². The van der Waals surface area contributed by atoms with Gasteiger partial charge in [0.05, 0.1) is 0 Å². The van der Waals surface area contributed by atoms with Crippen LogP contribution in [-0.4, -0.2) is 48.4 Å². The van der Waals surface area contributed by atoms with E-state index in [1.54, 1.807) is 0 Å². The Bertz CT molecular complexity index is 241. The Morgan fingerprint density at radius 1 is 1.12 bits per heavy atom. The average Bonchev–Trinajstić information content (AvgIpc) is 2.83. The summed E-state index contributed by atoms with van der Waals surface area (Å²) in [6.45, 7) is 7.95. The molecule has 2 aliphatic rings. The third-order valence-electron chi connectivity index (χ3n) is 4.15. The molecule has 0 spiro atoms. The Hall–Kier alpha value is -0.570. The van der Waals surface area contributed by atoms with Crippen LogP contribution in [0.25, 0.3) is 0 Å². The topological polar surface area (TPSA) is 23.6 Å². The van der Waals surface area contributed by atoms with E-state index in [-0.39, 0.29) is 0 Å². The fraction of sp³-hybridized carbons (Fsp3) is 0.929. The lowest BCUT2D eigenvalue weighted by molar-refractivity contribution is -0.132. The second-order valence-electron chi connectivity index (χ2n) is 5.58. The molecule has 1 amide bonds. The van der Waals surface area contributed by atoms with E-state index in [2.05, 4.69) is 16.7 Å². The van der Waals surface area contributed by atoms with Gasteiger partial charge in [-0.3, -0.25) is 4.79 Å². The van der Waals surface area contributed by atoms with Crippen LogP contribution in [0.15, 0.2) is 0 Å². The largest absolute Gasteiger partial charge is 0.343 e. The summed E-state index contributed by atoms with van der Waals surface area (Å²) in [6.07, 6.45) is 6.91. The van der Waals surface area contributed by atoms with Crippen molar-refractivity contribution >= 4 is 5.91 Å². The SMILES string of the molecule is CCCC(=O)N1CCC(CN2CCCC2)CC1. The molecular weight excluding hydrogens is 212 g/mol. The van der Waals surface area contributed by atoms with Gasteiger partial charge in [0.1, 0.15) is 0 Å². The number of rotatable bonds is 4. The van der Waals surface area contributed by atoms with Crippen molar-refractivity contribution in [1.29, 1.82) is 0 Å². The standard InChI is InChI=1S/C14H26N2O/c1-2-5-14(17)16-10-6-13(7-11-16)12-15-8-3-4-9-15/h13H,2-12H2,1H3. The minimum absolute atomic E-state index is 0.368. The Morgan fingerprint density at radius 2 is 1.76 bits per heavy atom. The van der Waals surface area contributed by atoms with Crippen molar-refractivity contribution < 1.29 is 4.79 Å². The van der Waals surface area contributed by atoms with Crippen LogP contribution in [0.1, 0.15) is 45.4 Å². The minimum atomic E-state index is 0.368. The highest BCUT2D eigenvalue weighted by atomic mass is 16.2. The quantitative estimate of drug-likeness (QED) is 0.749. The molecule has 2 fully saturated rings. The zero-order chi connectivity index (χ0) is 12.1. The molecule has 3 nitrogen and oxygen atoms in total. The van der Waals surface area contributed by atoms with Crippen molar-refractivity contribution in [2.24, 2.45) is 5.92 Å². The van der Waals surface area contributed by atoms with Gasteiger partial charge >= 0.3 is 0 Å². The lowest BCUT2D eigenvalue weighted by Gasteiger charge is -2.34. The molecule has 0 unspecified atom stereocenters. The second-order valence-corrected chi connectivity index (χ2v) is 5.58. The van der Waals surface area contributed by atoms with Crippen molar-refractivity contribution in [3.05, 3.63) is 0 Å². The number of carbonyl (C=O) groups is 1. The highest BCUT2D eigenvalue weighted by Gasteiger charge is 2.24. The van der Waals surface area contributed by atoms with E-state index in [4.69, 9.17) is 0 Å². The fourth-order valence-electron chi connectivity index (χ4n) is 3.07. The molecule has 0 saturated carbocycles. The van der Waals surface area contributed by atoms with Gasteiger partial charge in [0, 0.05) is 26.1 Å². The van der Waals surface area contributed by atoms with E-state index in [1.165, 1.54) is 45.3 Å². The Morgan fingerprint density at radius 3 is 2.35 bits per heavy atom. The Kier molecular flexibility index (Phi) is 4.84. The first-order valence-corrected chi connectivity index (χ1v) is 7.29. The van der Waals surface area contributed by atoms with Gasteiger partial charge in [-0.15, -0.1) is 0 Å². The first-order valence-electron chi connectivity index (χ1n) is 7.29. The molecule has 0 atom stereocenters. The van der Waals surface area contributed by atoms with Crippen LogP contribution in [0.2, 0.25) is 0 Å². The van der Waals surface area contributed by atoms with Gasteiger partial charge in [-0.1, -0.05) is 6.92 Å². The van der Waals surface area contributed by atoms with Gasteiger partial charge in [-0.25, -0.2) is 0 Å². The van der Waals surface area contributed by atoms with Crippen molar-refractivity contribution in [2.75, 3.05) is 32.7 Å². The molecule has 0 aliphatic carbocycles. The van der Waals surface area contributed by atoms with Gasteiger partial charge in [-0.05, 0) is 51.1 Å². The van der Waals surface area contributed by atoms with Gasteiger partial charge in [-0.2, -0.15) is 0 Å². The van der Waals surface area contributed by atoms with Gasteiger partial charge in [0.2, 0.25) is 5.91 Å². The predicted octanol–water partition coefficient (Wildman–Crippen LogP) is 2.12. The third kappa shape index (κ3) is 3.70. The van der Waals surface area contributed by atoms with Crippen LogP contribution >= 0.6 is 0 Å². The summed E-state index contributed by atoms with van der Waals surface area (Å²) in [6, 6.07) is 0. The first kappa shape index (κ1) is 12.9. The molecule has 0 aromatic carbocycles. The second kappa shape index (κ2) is 6.39. The molecule has 0 radical (unpaired) electrons. The van der Waals surface area contributed by atoms with Crippen LogP contribution < -0.4 is 0 Å². The van der Waals surface area contributed by atoms with Crippen LogP contribution in [0.5, 0.6) is 0 Å². The molecule has 98 valence electrons. The molecule has 0 N–H and O–H groups in total. The highest BCUT2D eigenvalue weighted by Crippen LogP contribution is 2.21. The number of likely N-dealkylation sites (tertiary alicyclic amines) is 2. The molecular formula is C14H26N2O. The van der Waals surface area contributed by atoms with E-state index in [0.29, 0.717) is 5.91 Å². The first-order chi connectivity index (χ1) is 8.29. The summed E-state index contributed by atoms with van der Waals surface area (Å²) in [5, 5.41) is 0. The van der Waals surface area contributed by atoms with Crippen molar-refractivity contribution in [3.63, 3.8) is 0 Å². The van der Waals surface area contributed by atoms with Crippen LogP contribution in [-0.2, 0) is 4.79 Å². The zero-order valence-electron chi connectivity index (χ0n) is 11.2. The maximum absolute atomic E-state index is 11.8. The third-order valence-corrected chi connectivity index (χ3v) is 4.15. The number of hydrogen-bond acceptors (Lipinski definition) is 2. The lowest BCUT2D eigenvalue weighted by Crippen LogP contribution is -2.41. The maximum Gasteiger partial charge on any atom is 0.222 e. The number of piperidine rings is 1. The maximum atomic E-state index is 11.8. The number of carbonyl (C=O) groups excluding carboxylic acids is 1. The van der Waals surface area contributed by atoms with Crippen LogP contribution in [0, 0.1) is 5.92 Å². The summed E-state index contributed by atoms with van der Waals surface area (Å²) < 4.78 is 0. The molecule has 2 heterocycles. The minimum Gasteiger partial charge on any atom is -0.343 e. The van der Waals surface area contributed by atoms with Gasteiger partial charge in [0.15, 0.2) is 0 Å². The Labute approximate surface area is 105 Å². The van der Waals surface area contributed by atoms with Gasteiger partial charge in [0.25, 0.3) is 0 Å². The Balaban J connectivity index is 1.68. The van der Waals surface area contributed by atoms with Crippen LogP contribution in [0.4, 0.5) is 0 Å². The molecule has 2 saturated heterocycles. The summed E-state index contributed by atoms with van der Waals surface area (Å²) in [5.74, 6) is 1.20. The van der Waals surface area contributed by atoms with Gasteiger partial charge < -0.3 is 9.80 Å². The van der Waals surface area contributed by atoms with E-state index in [9.17, 15) is 4.79 Å². The van der Waals surface area contributed by atoms with E-state index < -0.39 is 0 Å². The molecule has 2 aliphatic heterocycles. The molecule has 17 heavy (non-hydrogen) atoms. The van der Waals surface area contributed by atoms with Crippen molar-refractivity contribution in [1.82, 2.24) is 9.80 Å². The smallest absolute Gasteiger partial charge is 0.222 e. The molecule has 2 rings (SSSR count). The highest BCUT2D eigenvalue weighted by molar-refractivity contribution is 5.76. The van der Waals surface area contributed by atoms with E-state index in [0.717, 1.165) is 31.8 Å². The van der Waals surface area contributed by atoms with Crippen LogP contribution in [0.3, 0.4) is 0 Å². The average molecular weight is 238 g/mol. The summed E-state index contributed by atoms with van der Waals surface area (Å²) in [4.78, 5) is 16.4. The number of hydrogen-bond donors (Lipinski definition) is 0.